The van der Waals surface area contributed by atoms with Crippen LogP contribution in [0.15, 0.2) is 59.5 Å². The summed E-state index contributed by atoms with van der Waals surface area (Å²) in [5.74, 6) is 1.64. The molecule has 3 aromatic rings. The predicted molar refractivity (Wildman–Crippen MR) is 115 cm³/mol. The van der Waals surface area contributed by atoms with E-state index in [4.69, 9.17) is 10.9 Å². The van der Waals surface area contributed by atoms with E-state index < -0.39 is 10.0 Å². The van der Waals surface area contributed by atoms with Crippen LogP contribution in [-0.4, -0.2) is 24.9 Å². The van der Waals surface area contributed by atoms with Gasteiger partial charge in [0.25, 0.3) is 0 Å². The molecule has 4 rings (SSSR count). The molecule has 7 nitrogen and oxygen atoms in total. The summed E-state index contributed by atoms with van der Waals surface area (Å²) in [6.07, 6.45) is 5.82. The molecule has 1 aromatic heterocycles. The highest BCUT2D eigenvalue weighted by atomic mass is 32.2. The van der Waals surface area contributed by atoms with Crippen molar-refractivity contribution in [2.75, 3.05) is 17.6 Å². The second-order valence-electron chi connectivity index (χ2n) is 6.85. The molecule has 1 aliphatic rings. The van der Waals surface area contributed by atoms with Gasteiger partial charge >= 0.3 is 0 Å². The van der Waals surface area contributed by atoms with Gasteiger partial charge in [-0.2, -0.15) is 0 Å². The summed E-state index contributed by atoms with van der Waals surface area (Å²) in [7, 11) is -3.67. The smallest absolute Gasteiger partial charge is 0.238 e. The maximum Gasteiger partial charge on any atom is 0.238 e. The maximum atomic E-state index is 11.3. The SMILES string of the molecule is Nc1cc(NCCc2ccc(S(N)(=O)=O)cc2)nc(-c2cccc3c2C=CC3)n1. The average molecular weight is 407 g/mol. The summed E-state index contributed by atoms with van der Waals surface area (Å²) in [4.78, 5) is 9.14. The number of anilines is 2. The zero-order valence-corrected chi connectivity index (χ0v) is 16.5. The van der Waals surface area contributed by atoms with Gasteiger partial charge in [0.2, 0.25) is 10.0 Å². The molecule has 8 heteroatoms. The Morgan fingerprint density at radius 1 is 1.07 bits per heavy atom. The fourth-order valence-electron chi connectivity index (χ4n) is 3.34. The number of hydrogen-bond donors (Lipinski definition) is 3. The van der Waals surface area contributed by atoms with E-state index in [1.807, 2.05) is 12.1 Å². The van der Waals surface area contributed by atoms with E-state index in [2.05, 4.69) is 33.5 Å². The Hall–Kier alpha value is -3.23. The van der Waals surface area contributed by atoms with Crippen molar-refractivity contribution >= 4 is 27.7 Å². The zero-order valence-electron chi connectivity index (χ0n) is 15.7. The quantitative estimate of drug-likeness (QED) is 0.577. The molecule has 0 saturated carbocycles. The summed E-state index contributed by atoms with van der Waals surface area (Å²) in [6, 6.07) is 14.3. The molecule has 0 saturated heterocycles. The number of nitrogens with one attached hydrogen (secondary N) is 1. The topological polar surface area (TPSA) is 124 Å². The number of primary sulfonamides is 1. The fraction of sp³-hybridized carbons (Fsp3) is 0.143. The molecular formula is C21H21N5O2S. The molecule has 0 spiro atoms. The van der Waals surface area contributed by atoms with Crippen molar-refractivity contribution in [1.82, 2.24) is 9.97 Å². The summed E-state index contributed by atoms with van der Waals surface area (Å²) >= 11 is 0. The molecule has 0 amide bonds. The summed E-state index contributed by atoms with van der Waals surface area (Å²) in [5.41, 5.74) is 10.3. The van der Waals surface area contributed by atoms with Gasteiger partial charge in [-0.3, -0.25) is 0 Å². The highest BCUT2D eigenvalue weighted by molar-refractivity contribution is 7.89. The molecule has 1 aliphatic carbocycles. The van der Waals surface area contributed by atoms with Gasteiger partial charge in [0, 0.05) is 18.2 Å². The second kappa shape index (κ2) is 7.65. The van der Waals surface area contributed by atoms with Crippen LogP contribution in [0, 0.1) is 0 Å². The number of nitrogens with two attached hydrogens (primary N) is 2. The average Bonchev–Trinajstić information content (AvgIpc) is 3.16. The van der Waals surface area contributed by atoms with Crippen molar-refractivity contribution in [3.8, 4) is 11.4 Å². The monoisotopic (exact) mass is 407 g/mol. The van der Waals surface area contributed by atoms with Crippen LogP contribution in [0.2, 0.25) is 0 Å². The highest BCUT2D eigenvalue weighted by Crippen LogP contribution is 2.30. The fourth-order valence-corrected chi connectivity index (χ4v) is 3.86. The lowest BCUT2D eigenvalue weighted by Crippen LogP contribution is -2.12. The minimum Gasteiger partial charge on any atom is -0.384 e. The van der Waals surface area contributed by atoms with Crippen LogP contribution < -0.4 is 16.2 Å². The van der Waals surface area contributed by atoms with Crippen LogP contribution in [0.25, 0.3) is 17.5 Å². The van der Waals surface area contributed by atoms with Gasteiger partial charge in [0.1, 0.15) is 11.6 Å². The molecule has 1 heterocycles. The minimum absolute atomic E-state index is 0.104. The van der Waals surface area contributed by atoms with E-state index in [0.29, 0.717) is 30.4 Å². The van der Waals surface area contributed by atoms with Crippen LogP contribution in [0.4, 0.5) is 11.6 Å². The molecule has 2 aromatic carbocycles. The Bertz CT molecular complexity index is 1190. The normalized spacial score (nSPS) is 12.7. The maximum absolute atomic E-state index is 11.3. The second-order valence-corrected chi connectivity index (χ2v) is 8.41. The molecule has 0 radical (unpaired) electrons. The number of hydrogen-bond acceptors (Lipinski definition) is 6. The Morgan fingerprint density at radius 3 is 2.62 bits per heavy atom. The lowest BCUT2D eigenvalue weighted by atomic mass is 10.0. The molecule has 0 aliphatic heterocycles. The summed E-state index contributed by atoms with van der Waals surface area (Å²) in [6.45, 7) is 0.609. The third kappa shape index (κ3) is 4.28. The first kappa shape index (κ1) is 19.1. The van der Waals surface area contributed by atoms with Crippen molar-refractivity contribution in [3.63, 3.8) is 0 Å². The van der Waals surface area contributed by atoms with Crippen molar-refractivity contribution < 1.29 is 8.42 Å². The number of nitrogen functional groups attached to an aromatic ring is 1. The van der Waals surface area contributed by atoms with Crippen LogP contribution in [0.5, 0.6) is 0 Å². The number of nitrogens with zero attached hydrogens (tertiary/aromatic N) is 2. The van der Waals surface area contributed by atoms with E-state index >= 15 is 0 Å². The van der Waals surface area contributed by atoms with E-state index in [-0.39, 0.29) is 4.90 Å². The largest absolute Gasteiger partial charge is 0.384 e. The van der Waals surface area contributed by atoms with Crippen LogP contribution >= 0.6 is 0 Å². The van der Waals surface area contributed by atoms with Gasteiger partial charge < -0.3 is 11.1 Å². The predicted octanol–water partition coefficient (Wildman–Crippen LogP) is 2.60. The number of allylic oxidation sites excluding steroid dienone is 1. The standard InChI is InChI=1S/C21H21N5O2S/c22-19-13-20(24-12-11-14-7-9-16(10-8-14)29(23,27)28)26-21(25-19)18-6-2-4-15-3-1-5-17(15)18/h1-2,4-10,13H,3,11-12H2,(H2,23,27,28)(H3,22,24,25,26). The van der Waals surface area contributed by atoms with Gasteiger partial charge in [-0.25, -0.2) is 23.5 Å². The van der Waals surface area contributed by atoms with Gasteiger partial charge in [-0.1, -0.05) is 42.5 Å². The minimum atomic E-state index is -3.67. The van der Waals surface area contributed by atoms with Crippen molar-refractivity contribution in [1.29, 1.82) is 0 Å². The van der Waals surface area contributed by atoms with E-state index in [1.54, 1.807) is 18.2 Å². The van der Waals surface area contributed by atoms with Crippen molar-refractivity contribution in [2.45, 2.75) is 17.7 Å². The lowest BCUT2D eigenvalue weighted by Gasteiger charge is -2.11. The number of aromatic nitrogens is 2. The third-order valence-electron chi connectivity index (χ3n) is 4.78. The molecule has 5 N–H and O–H groups in total. The van der Waals surface area contributed by atoms with Crippen LogP contribution in [0.1, 0.15) is 16.7 Å². The van der Waals surface area contributed by atoms with Crippen molar-refractivity contribution in [3.05, 3.63) is 71.3 Å². The number of benzene rings is 2. The van der Waals surface area contributed by atoms with Gasteiger partial charge in [-0.05, 0) is 41.7 Å². The molecule has 148 valence electrons. The summed E-state index contributed by atoms with van der Waals surface area (Å²) < 4.78 is 22.7. The van der Waals surface area contributed by atoms with E-state index in [9.17, 15) is 8.42 Å². The molecule has 0 bridgehead atoms. The number of sulfonamides is 1. The van der Waals surface area contributed by atoms with Gasteiger partial charge in [-0.15, -0.1) is 0 Å². The third-order valence-corrected chi connectivity index (χ3v) is 5.71. The lowest BCUT2D eigenvalue weighted by molar-refractivity contribution is 0.598. The van der Waals surface area contributed by atoms with Gasteiger partial charge in [0.15, 0.2) is 5.82 Å². The first-order chi connectivity index (χ1) is 13.9. The molecule has 0 fully saturated rings. The summed E-state index contributed by atoms with van der Waals surface area (Å²) in [5, 5.41) is 8.39. The first-order valence-electron chi connectivity index (χ1n) is 9.19. The van der Waals surface area contributed by atoms with E-state index in [1.165, 1.54) is 17.7 Å². The van der Waals surface area contributed by atoms with Crippen LogP contribution in [0.3, 0.4) is 0 Å². The van der Waals surface area contributed by atoms with Crippen LogP contribution in [-0.2, 0) is 22.9 Å². The molecule has 0 atom stereocenters. The number of fused-ring (bicyclic) bond motifs is 1. The van der Waals surface area contributed by atoms with E-state index in [0.717, 1.165) is 23.1 Å². The molecular weight excluding hydrogens is 386 g/mol. The Morgan fingerprint density at radius 2 is 1.86 bits per heavy atom. The highest BCUT2D eigenvalue weighted by Gasteiger charge is 2.14. The zero-order chi connectivity index (χ0) is 20.4. The first-order valence-corrected chi connectivity index (χ1v) is 10.7. The number of rotatable bonds is 6. The molecule has 0 unspecified atom stereocenters. The van der Waals surface area contributed by atoms with Gasteiger partial charge in [0.05, 0.1) is 4.90 Å². The van der Waals surface area contributed by atoms with Crippen molar-refractivity contribution in [2.24, 2.45) is 5.14 Å². The molecule has 29 heavy (non-hydrogen) atoms. The Balaban J connectivity index is 1.48. The Kier molecular flexibility index (Phi) is 5.04. The Labute approximate surface area is 169 Å².